The van der Waals surface area contributed by atoms with Crippen molar-refractivity contribution >= 4 is 16.9 Å². The average Bonchev–Trinajstić information content (AvgIpc) is 2.93. The Morgan fingerprint density at radius 3 is 2.43 bits per heavy atom. The lowest BCUT2D eigenvalue weighted by Gasteiger charge is -2.11. The smallest absolute Gasteiger partial charge is 0.312 e. The highest BCUT2D eigenvalue weighted by Crippen LogP contribution is 2.35. The van der Waals surface area contributed by atoms with Gasteiger partial charge in [-0.3, -0.25) is 4.79 Å². The fourth-order valence-corrected chi connectivity index (χ4v) is 2.74. The molecule has 1 N–H and O–H groups in total. The van der Waals surface area contributed by atoms with E-state index in [0.717, 1.165) is 27.7 Å². The van der Waals surface area contributed by atoms with E-state index >= 15 is 0 Å². The zero-order valence-corrected chi connectivity index (χ0v) is 12.1. The largest absolute Gasteiger partial charge is 0.469 e. The number of hydrogen-bond acceptors (Lipinski definition) is 2. The van der Waals surface area contributed by atoms with Crippen LogP contribution in [0.1, 0.15) is 18.4 Å². The summed E-state index contributed by atoms with van der Waals surface area (Å²) < 4.78 is 4.92. The van der Waals surface area contributed by atoms with Crippen LogP contribution in [0.25, 0.3) is 22.2 Å². The van der Waals surface area contributed by atoms with Crippen LogP contribution in [-0.2, 0) is 9.53 Å². The van der Waals surface area contributed by atoms with Crippen molar-refractivity contribution < 1.29 is 9.53 Å². The van der Waals surface area contributed by atoms with Crippen molar-refractivity contribution in [3.8, 4) is 11.3 Å². The van der Waals surface area contributed by atoms with Crippen molar-refractivity contribution in [2.45, 2.75) is 12.8 Å². The number of methoxy groups -OCH3 is 1. The monoisotopic (exact) mass is 279 g/mol. The highest BCUT2D eigenvalue weighted by atomic mass is 16.5. The second-order valence-corrected chi connectivity index (χ2v) is 5.07. The molecule has 0 radical (unpaired) electrons. The van der Waals surface area contributed by atoms with Crippen LogP contribution < -0.4 is 0 Å². The van der Waals surface area contributed by atoms with Crippen molar-refractivity contribution in [2.75, 3.05) is 7.11 Å². The predicted molar refractivity (Wildman–Crippen MR) is 84.2 cm³/mol. The second-order valence-electron chi connectivity index (χ2n) is 5.07. The van der Waals surface area contributed by atoms with Gasteiger partial charge in [-0.1, -0.05) is 48.5 Å². The van der Waals surface area contributed by atoms with Gasteiger partial charge in [0.1, 0.15) is 0 Å². The molecule has 106 valence electrons. The van der Waals surface area contributed by atoms with Gasteiger partial charge >= 0.3 is 5.97 Å². The van der Waals surface area contributed by atoms with Gasteiger partial charge in [-0.15, -0.1) is 0 Å². The number of aromatic nitrogens is 1. The van der Waals surface area contributed by atoms with E-state index in [-0.39, 0.29) is 11.9 Å². The van der Waals surface area contributed by atoms with Crippen LogP contribution in [0.5, 0.6) is 0 Å². The van der Waals surface area contributed by atoms with Crippen LogP contribution in [-0.4, -0.2) is 18.1 Å². The molecule has 3 nitrogen and oxygen atoms in total. The molecule has 21 heavy (non-hydrogen) atoms. The summed E-state index contributed by atoms with van der Waals surface area (Å²) in [6, 6.07) is 18.1. The van der Waals surface area contributed by atoms with Gasteiger partial charge in [-0.25, -0.2) is 0 Å². The fraction of sp³-hybridized carbons (Fsp3) is 0.167. The number of H-pyrrole nitrogens is 1. The van der Waals surface area contributed by atoms with Gasteiger partial charge in [-0.2, -0.15) is 0 Å². The van der Waals surface area contributed by atoms with E-state index in [1.54, 1.807) is 0 Å². The van der Waals surface area contributed by atoms with Crippen LogP contribution in [0, 0.1) is 0 Å². The van der Waals surface area contributed by atoms with Gasteiger partial charge in [0.15, 0.2) is 0 Å². The normalized spacial score (nSPS) is 12.3. The highest BCUT2D eigenvalue weighted by molar-refractivity contribution is 5.96. The molecule has 0 amide bonds. The number of carbonyl (C=O) groups excluding carboxylic acids is 1. The summed E-state index contributed by atoms with van der Waals surface area (Å²) in [6.07, 6.45) is 0. The first kappa shape index (κ1) is 13.4. The molecule has 2 aromatic carbocycles. The van der Waals surface area contributed by atoms with E-state index in [9.17, 15) is 4.79 Å². The van der Waals surface area contributed by atoms with Crippen LogP contribution >= 0.6 is 0 Å². The maximum atomic E-state index is 12.0. The lowest BCUT2D eigenvalue weighted by molar-refractivity contribution is -0.141. The highest BCUT2D eigenvalue weighted by Gasteiger charge is 2.24. The van der Waals surface area contributed by atoms with Crippen LogP contribution in [0.3, 0.4) is 0 Å². The summed E-state index contributed by atoms with van der Waals surface area (Å²) in [4.78, 5) is 15.4. The molecule has 1 aromatic heterocycles. The number of ether oxygens (including phenoxy) is 1. The first-order valence-electron chi connectivity index (χ1n) is 6.96. The molecule has 0 aliphatic carbocycles. The van der Waals surface area contributed by atoms with Gasteiger partial charge in [0.2, 0.25) is 0 Å². The standard InChI is InChI=1S/C18H17NO2/c1-12(18(20)21-2)16-14-10-6-7-11-15(14)19-17(16)13-8-4-3-5-9-13/h3-12,19H,1-2H3/t12-/m1/s1. The summed E-state index contributed by atoms with van der Waals surface area (Å²) in [5, 5.41) is 1.06. The minimum atomic E-state index is -0.318. The van der Waals surface area contributed by atoms with Gasteiger partial charge in [-0.05, 0) is 24.1 Å². The third kappa shape index (κ3) is 2.31. The first-order chi connectivity index (χ1) is 10.2. The Bertz CT molecular complexity index is 774. The van der Waals surface area contributed by atoms with Crippen molar-refractivity contribution in [1.82, 2.24) is 4.98 Å². The second kappa shape index (κ2) is 5.44. The summed E-state index contributed by atoms with van der Waals surface area (Å²) in [6.45, 7) is 1.88. The molecule has 1 atom stereocenters. The summed E-state index contributed by atoms with van der Waals surface area (Å²) in [5.41, 5.74) is 4.07. The molecule has 0 saturated carbocycles. The molecule has 0 aliphatic heterocycles. The number of esters is 1. The van der Waals surface area contributed by atoms with E-state index in [1.165, 1.54) is 7.11 Å². The molecule has 0 unspecified atom stereocenters. The predicted octanol–water partition coefficient (Wildman–Crippen LogP) is 4.11. The summed E-state index contributed by atoms with van der Waals surface area (Å²) in [7, 11) is 1.43. The molecule has 0 saturated heterocycles. The average molecular weight is 279 g/mol. The molecule has 3 heteroatoms. The first-order valence-corrected chi connectivity index (χ1v) is 6.96. The topological polar surface area (TPSA) is 42.1 Å². The summed E-state index contributed by atoms with van der Waals surface area (Å²) >= 11 is 0. The Labute approximate surface area is 123 Å². The number of hydrogen-bond donors (Lipinski definition) is 1. The van der Waals surface area contributed by atoms with Gasteiger partial charge in [0.05, 0.1) is 18.7 Å². The number of fused-ring (bicyclic) bond motifs is 1. The molecule has 0 aliphatic rings. The van der Waals surface area contributed by atoms with Crippen molar-refractivity contribution in [3.05, 3.63) is 60.2 Å². The van der Waals surface area contributed by atoms with Crippen molar-refractivity contribution in [1.29, 1.82) is 0 Å². The molecule has 0 bridgehead atoms. The molecule has 0 spiro atoms. The summed E-state index contributed by atoms with van der Waals surface area (Å²) in [5.74, 6) is -0.543. The van der Waals surface area contributed by atoms with Gasteiger partial charge in [0.25, 0.3) is 0 Å². The molecule has 1 heterocycles. The van der Waals surface area contributed by atoms with Crippen molar-refractivity contribution in [2.24, 2.45) is 0 Å². The third-order valence-corrected chi connectivity index (χ3v) is 3.80. The number of benzene rings is 2. The molecular formula is C18H17NO2. The van der Waals surface area contributed by atoms with E-state index < -0.39 is 0 Å². The zero-order chi connectivity index (χ0) is 14.8. The van der Waals surface area contributed by atoms with E-state index in [2.05, 4.69) is 4.98 Å². The van der Waals surface area contributed by atoms with Crippen molar-refractivity contribution in [3.63, 3.8) is 0 Å². The number of aromatic amines is 1. The Kier molecular flexibility index (Phi) is 3.48. The van der Waals surface area contributed by atoms with Crippen LogP contribution in [0.4, 0.5) is 0 Å². The maximum Gasteiger partial charge on any atom is 0.312 e. The molecule has 3 aromatic rings. The number of carbonyl (C=O) groups is 1. The minimum absolute atomic E-state index is 0.225. The lowest BCUT2D eigenvalue weighted by Crippen LogP contribution is -2.11. The number of para-hydroxylation sites is 1. The molecule has 3 rings (SSSR count). The Morgan fingerprint density at radius 2 is 1.71 bits per heavy atom. The quantitative estimate of drug-likeness (QED) is 0.733. The number of rotatable bonds is 3. The lowest BCUT2D eigenvalue weighted by atomic mass is 9.95. The maximum absolute atomic E-state index is 12.0. The third-order valence-electron chi connectivity index (χ3n) is 3.80. The minimum Gasteiger partial charge on any atom is -0.469 e. The van der Waals surface area contributed by atoms with E-state index in [4.69, 9.17) is 4.74 Å². The van der Waals surface area contributed by atoms with Gasteiger partial charge in [0, 0.05) is 10.9 Å². The SMILES string of the molecule is COC(=O)[C@H](C)c1c(-c2ccccc2)[nH]c2ccccc12. The van der Waals surface area contributed by atoms with Crippen LogP contribution in [0.2, 0.25) is 0 Å². The zero-order valence-electron chi connectivity index (χ0n) is 12.1. The number of nitrogens with one attached hydrogen (secondary N) is 1. The van der Waals surface area contributed by atoms with Gasteiger partial charge < -0.3 is 9.72 Å². The molecule has 0 fully saturated rings. The van der Waals surface area contributed by atoms with Crippen LogP contribution in [0.15, 0.2) is 54.6 Å². The Hall–Kier alpha value is -2.55. The Balaban J connectivity index is 2.26. The van der Waals surface area contributed by atoms with E-state index in [0.29, 0.717) is 0 Å². The van der Waals surface area contributed by atoms with E-state index in [1.807, 2.05) is 61.5 Å². The fourth-order valence-electron chi connectivity index (χ4n) is 2.74. The Morgan fingerprint density at radius 1 is 1.05 bits per heavy atom. The molecular weight excluding hydrogens is 262 g/mol.